The van der Waals surface area contributed by atoms with Crippen LogP contribution in [0.2, 0.25) is 0 Å². The maximum Gasteiger partial charge on any atom is 1.00 e. The van der Waals surface area contributed by atoms with E-state index in [-0.39, 0.29) is 93.0 Å². The summed E-state index contributed by atoms with van der Waals surface area (Å²) in [5, 5.41) is 11.0. The van der Waals surface area contributed by atoms with E-state index in [0.717, 1.165) is 31.0 Å². The molecule has 9 nitrogen and oxygen atoms in total. The van der Waals surface area contributed by atoms with Gasteiger partial charge in [0.05, 0.1) is 21.0 Å². The first kappa shape index (κ1) is 53.2. The topological polar surface area (TPSA) is 145 Å². The normalized spacial score (nSPS) is 9.33. The standard InChI is InChI=1S/C19H39O8P.C16H4OS.2Na.11H2/c1-2-3-4-5-6-7-8-9-10-11-12-13-14-19(21)27-18(15-25-17-20)16-26-28(22,23)24;1-3-4-5-6-7-8-9-10-11-12-13-14-15-18-16(2)17;;;;;;;;;;;;;/h18,20H,2-17H2,1H3,(H2,22,23,24);1H,2H3;;;11*1H/q;;2*+1;;;;;;;;;;;/p-2/t18-;;;;;;;;;;;;;;/m0............../s1. The molecule has 0 saturated heterocycles. The molecule has 0 spiro atoms. The Morgan fingerprint density at radius 2 is 1.21 bits per heavy atom. The molecule has 48 heavy (non-hydrogen) atoms. The number of thioether (sulfide) groups is 1. The average Bonchev–Trinajstić information content (AvgIpc) is 3.01. The molecule has 0 unspecified atom stereocenters. The van der Waals surface area contributed by atoms with Crippen LogP contribution in [0.3, 0.4) is 0 Å². The number of carbonyl (C=O) groups is 2. The van der Waals surface area contributed by atoms with E-state index in [9.17, 15) is 23.9 Å². The molecule has 0 aliphatic carbocycles. The van der Waals surface area contributed by atoms with Gasteiger partial charge in [0.2, 0.25) is 0 Å². The van der Waals surface area contributed by atoms with Gasteiger partial charge in [0.15, 0.2) is 5.12 Å². The average molecular weight is 737 g/mol. The summed E-state index contributed by atoms with van der Waals surface area (Å²) < 4.78 is 24.4. The fraction of sp³-hybridized carbons (Fsp3) is 0.543. The van der Waals surface area contributed by atoms with Gasteiger partial charge in [-0.3, -0.25) is 9.59 Å². The largest absolute Gasteiger partial charge is 1.00 e. The summed E-state index contributed by atoms with van der Waals surface area (Å²) in [6.45, 7) is 2.17. The third kappa shape index (κ3) is 48.8. The second-order valence-corrected chi connectivity index (χ2v) is 11.3. The van der Waals surface area contributed by atoms with Gasteiger partial charge in [-0.2, -0.15) is 0 Å². The van der Waals surface area contributed by atoms with Gasteiger partial charge in [-0.1, -0.05) is 77.6 Å². The van der Waals surface area contributed by atoms with Crippen LogP contribution in [-0.2, 0) is 28.2 Å². The van der Waals surface area contributed by atoms with Gasteiger partial charge in [-0.25, -0.2) is 0 Å². The van der Waals surface area contributed by atoms with Crippen molar-refractivity contribution in [3.63, 3.8) is 0 Å². The van der Waals surface area contributed by atoms with Crippen LogP contribution in [0.4, 0.5) is 0 Å². The Morgan fingerprint density at radius 3 is 1.62 bits per heavy atom. The van der Waals surface area contributed by atoms with E-state index in [1.54, 1.807) is 0 Å². The molecule has 270 valence electrons. The minimum atomic E-state index is -5.15. The van der Waals surface area contributed by atoms with Crippen LogP contribution >= 0.6 is 19.6 Å². The fourth-order valence-electron chi connectivity index (χ4n) is 3.27. The third-order valence-corrected chi connectivity index (χ3v) is 6.25. The summed E-state index contributed by atoms with van der Waals surface area (Å²) in [5.41, 5.74) is 0. The number of phosphoric ester groups is 1. The van der Waals surface area contributed by atoms with Gasteiger partial charge < -0.3 is 33.5 Å². The Morgan fingerprint density at radius 1 is 0.771 bits per heavy atom. The number of terminal acetylenes is 1. The molecule has 1 N–H and O–H groups in total. The monoisotopic (exact) mass is 736 g/mol. The van der Waals surface area contributed by atoms with Gasteiger partial charge in [0, 0.05) is 40.8 Å². The minimum absolute atomic E-state index is 0. The first-order valence-electron chi connectivity index (χ1n) is 14.8. The molecular formula is C35H63Na2O9PS. The van der Waals surface area contributed by atoms with Crippen molar-refractivity contribution in [2.45, 2.75) is 103 Å². The Labute approximate surface area is 352 Å². The van der Waals surface area contributed by atoms with E-state index in [1.165, 1.54) is 58.3 Å². The van der Waals surface area contributed by atoms with Crippen LogP contribution in [0.25, 0.3) is 0 Å². The number of aliphatic hydroxyl groups excluding tert-OH is 1. The molecule has 0 aromatic heterocycles. The van der Waals surface area contributed by atoms with Gasteiger partial charge >= 0.3 is 65.1 Å². The first-order valence-corrected chi connectivity index (χ1v) is 17.1. The van der Waals surface area contributed by atoms with Crippen molar-refractivity contribution in [1.82, 2.24) is 0 Å². The molecule has 0 aliphatic heterocycles. The van der Waals surface area contributed by atoms with Gasteiger partial charge in [-0.15, -0.1) is 6.42 Å². The van der Waals surface area contributed by atoms with Crippen LogP contribution in [0.1, 0.15) is 113 Å². The predicted molar refractivity (Wildman–Crippen MR) is 199 cm³/mol. The van der Waals surface area contributed by atoms with E-state index in [4.69, 9.17) is 16.3 Å². The smallest absolute Gasteiger partial charge is 0.790 e. The number of hydrogen-bond acceptors (Lipinski definition) is 10. The SMILES string of the molecule is C#CC#CC#CC#CC#CC#CC#CSC(C)=O.CCCCCCCCCCCCCCC(=O)O[C@@H](COCO)COP(=O)([O-])[O-].[HH].[HH].[HH].[HH].[HH].[HH].[HH].[HH].[HH].[HH].[HH].[Na+].[Na+]. The molecule has 0 aromatic carbocycles. The van der Waals surface area contributed by atoms with Gasteiger partial charge in [-0.05, 0) is 82.7 Å². The molecule has 0 heterocycles. The molecule has 0 bridgehead atoms. The number of ether oxygens (including phenoxy) is 2. The number of aliphatic hydroxyl groups is 1. The zero-order valence-electron chi connectivity index (χ0n) is 28.5. The van der Waals surface area contributed by atoms with Gasteiger partial charge in [0.25, 0.3) is 0 Å². The van der Waals surface area contributed by atoms with E-state index in [2.05, 4.69) is 92.5 Å². The van der Waals surface area contributed by atoms with Gasteiger partial charge in [0.1, 0.15) is 12.9 Å². The summed E-state index contributed by atoms with van der Waals surface area (Å²) in [5.74, 6) is 28.4. The van der Waals surface area contributed by atoms with Crippen molar-refractivity contribution in [3.8, 4) is 82.7 Å². The quantitative estimate of drug-likeness (QED) is 0.0466. The molecule has 1 atom stereocenters. The number of rotatable bonds is 20. The van der Waals surface area contributed by atoms with Crippen molar-refractivity contribution in [1.29, 1.82) is 0 Å². The minimum Gasteiger partial charge on any atom is -0.790 e. The Kier molecular flexibility index (Phi) is 46.2. The number of hydrogen-bond donors (Lipinski definition) is 1. The zero-order valence-corrected chi connectivity index (χ0v) is 34.2. The van der Waals surface area contributed by atoms with E-state index >= 15 is 0 Å². The summed E-state index contributed by atoms with van der Waals surface area (Å²) in [4.78, 5) is 43.3. The van der Waals surface area contributed by atoms with Crippen molar-refractivity contribution in [3.05, 3.63) is 0 Å². The second kappa shape index (κ2) is 41.6. The van der Waals surface area contributed by atoms with Crippen molar-refractivity contribution in [2.75, 3.05) is 20.0 Å². The molecule has 0 aliphatic rings. The van der Waals surface area contributed by atoms with E-state index in [0.29, 0.717) is 6.42 Å². The summed E-state index contributed by atoms with van der Waals surface area (Å²) in [7, 11) is -5.15. The maximum absolute atomic E-state index is 11.8. The molecule has 0 aromatic rings. The summed E-state index contributed by atoms with van der Waals surface area (Å²) in [6.07, 6.45) is 18.3. The molecule has 0 radical (unpaired) electrons. The molecule has 0 fully saturated rings. The number of phosphoric acid groups is 1. The van der Waals surface area contributed by atoms with Crippen molar-refractivity contribution >= 4 is 30.7 Å². The first-order chi connectivity index (χ1) is 22.2. The number of carbonyl (C=O) groups excluding carboxylic acids is 2. The van der Waals surface area contributed by atoms with Crippen molar-refractivity contribution < 1.29 is 118 Å². The van der Waals surface area contributed by atoms with Crippen LogP contribution in [0, 0.1) is 82.7 Å². The van der Waals surface area contributed by atoms with Crippen LogP contribution in [0.5, 0.6) is 0 Å². The number of unbranched alkanes of at least 4 members (excludes halogenated alkanes) is 11. The fourth-order valence-corrected chi connectivity index (χ4v) is 3.86. The van der Waals surface area contributed by atoms with Crippen LogP contribution < -0.4 is 68.9 Å². The molecule has 13 heteroatoms. The Balaban J connectivity index is -0.0000000435. The molecule has 0 amide bonds. The Bertz CT molecular complexity index is 1390. The third-order valence-electron chi connectivity index (χ3n) is 5.29. The van der Waals surface area contributed by atoms with E-state index < -0.39 is 33.3 Å². The maximum atomic E-state index is 11.8. The summed E-state index contributed by atoms with van der Waals surface area (Å²) >= 11 is 0.889. The predicted octanol–water partition coefficient (Wildman–Crippen LogP) is 0.392. The van der Waals surface area contributed by atoms with Crippen molar-refractivity contribution in [2.24, 2.45) is 0 Å². The molecule has 0 saturated carbocycles. The molecule has 0 rings (SSSR count). The molecular weight excluding hydrogens is 673 g/mol. The number of esters is 1. The summed E-state index contributed by atoms with van der Waals surface area (Å²) in [6, 6.07) is 0. The van der Waals surface area contributed by atoms with Crippen LogP contribution in [-0.4, -0.2) is 42.3 Å². The van der Waals surface area contributed by atoms with E-state index in [1.807, 2.05) is 0 Å². The zero-order chi connectivity index (χ0) is 34.6. The Hall–Kier alpha value is -1.56. The second-order valence-electron chi connectivity index (χ2n) is 9.21. The van der Waals surface area contributed by atoms with Crippen LogP contribution in [0.15, 0.2) is 0 Å².